The monoisotopic (exact) mass is 609 g/mol. The summed E-state index contributed by atoms with van der Waals surface area (Å²) in [4.78, 5) is 21.0. The van der Waals surface area contributed by atoms with Crippen molar-refractivity contribution in [2.24, 2.45) is 13.0 Å². The fraction of sp³-hybridized carbons (Fsp3) is 0.429. The Morgan fingerprint density at radius 1 is 1.21 bits per heavy atom. The average molecular weight is 610 g/mol. The van der Waals surface area contributed by atoms with Crippen molar-refractivity contribution in [3.63, 3.8) is 0 Å². The molecule has 42 heavy (non-hydrogen) atoms. The molecule has 0 spiro atoms. The van der Waals surface area contributed by atoms with Gasteiger partial charge in [0.2, 0.25) is 0 Å². The van der Waals surface area contributed by atoms with Crippen molar-refractivity contribution in [3.8, 4) is 5.75 Å². The number of carbonyl (C=O) groups excluding carboxylic acids is 1. The van der Waals surface area contributed by atoms with Gasteiger partial charge >= 0.3 is 6.18 Å². The zero-order valence-electron chi connectivity index (χ0n) is 23.7. The van der Waals surface area contributed by atoms with Gasteiger partial charge in [0.05, 0.1) is 30.1 Å². The summed E-state index contributed by atoms with van der Waals surface area (Å²) >= 11 is 0. The van der Waals surface area contributed by atoms with Crippen LogP contribution in [0.5, 0.6) is 5.75 Å². The number of amides is 1. The number of aryl methyl sites for hydroxylation is 1. The van der Waals surface area contributed by atoms with E-state index >= 15 is 0 Å². The number of nitrogens with zero attached hydrogens (tertiary/aromatic N) is 4. The largest absolute Gasteiger partial charge is 0.488 e. The molecule has 0 aliphatic carbocycles. The molecule has 228 valence electrons. The fourth-order valence-corrected chi connectivity index (χ4v) is 5.75. The van der Waals surface area contributed by atoms with E-state index in [0.717, 1.165) is 12.1 Å². The lowest BCUT2D eigenvalue weighted by molar-refractivity contribution is -0.137. The number of sulfonamides is 1. The van der Waals surface area contributed by atoms with Crippen LogP contribution in [0.4, 0.5) is 18.9 Å². The maximum Gasteiger partial charge on any atom is 0.416 e. The fourth-order valence-electron chi connectivity index (χ4n) is 4.72. The Bertz CT molecular complexity index is 1510. The average Bonchev–Trinajstić information content (AvgIpc) is 3.37. The summed E-state index contributed by atoms with van der Waals surface area (Å²) in [5, 5.41) is 9.70. The molecule has 14 heteroatoms. The van der Waals surface area contributed by atoms with Crippen molar-refractivity contribution in [3.05, 3.63) is 71.7 Å². The molecule has 0 saturated carbocycles. The molecule has 1 aromatic heterocycles. The molecule has 2 aromatic carbocycles. The first-order valence-electron chi connectivity index (χ1n) is 13.3. The van der Waals surface area contributed by atoms with Crippen molar-refractivity contribution in [2.45, 2.75) is 43.7 Å². The minimum absolute atomic E-state index is 0.124. The van der Waals surface area contributed by atoms with Crippen molar-refractivity contribution < 1.29 is 36.2 Å². The van der Waals surface area contributed by atoms with Crippen LogP contribution >= 0.6 is 0 Å². The van der Waals surface area contributed by atoms with Crippen LogP contribution in [-0.4, -0.2) is 77.7 Å². The third-order valence-corrected chi connectivity index (χ3v) is 8.36. The number of alkyl halides is 3. The van der Waals surface area contributed by atoms with Gasteiger partial charge < -0.3 is 19.3 Å². The smallest absolute Gasteiger partial charge is 0.416 e. The number of anilines is 1. The molecule has 0 radical (unpaired) electrons. The van der Waals surface area contributed by atoms with E-state index in [0.29, 0.717) is 18.7 Å². The third-order valence-electron chi connectivity index (χ3n) is 7.10. The predicted molar refractivity (Wildman–Crippen MR) is 149 cm³/mol. The van der Waals surface area contributed by atoms with E-state index in [1.54, 1.807) is 14.0 Å². The van der Waals surface area contributed by atoms with Crippen LogP contribution in [0.15, 0.2) is 60.0 Å². The Balaban J connectivity index is 1.59. The molecule has 0 saturated heterocycles. The Hall–Kier alpha value is -3.62. The number of rotatable bonds is 9. The second kappa shape index (κ2) is 12.3. The van der Waals surface area contributed by atoms with Gasteiger partial charge in [-0.1, -0.05) is 19.1 Å². The Labute approximate surface area is 242 Å². The van der Waals surface area contributed by atoms with Gasteiger partial charge in [-0.3, -0.25) is 14.4 Å². The first-order valence-corrected chi connectivity index (χ1v) is 14.7. The van der Waals surface area contributed by atoms with E-state index < -0.39 is 39.8 Å². The standard InChI is InChI=1S/C28H34F3N5O5S/c1-18-12-36(19(2)16-37)27(38)23-11-22(33-42(39,40)26-15-35(4)17-32-26)9-10-24(23)41-25(18)14-34(3)13-20-5-7-21(8-6-20)28(29,30)31/h5-11,15,17-19,25,33,37H,12-14,16H2,1-4H3/t18-,19+,25+/m1/s1. The lowest BCUT2D eigenvalue weighted by atomic mass is 9.99. The van der Waals surface area contributed by atoms with E-state index in [9.17, 15) is 31.5 Å². The number of aliphatic hydroxyl groups excluding tert-OH is 1. The van der Waals surface area contributed by atoms with Crippen LogP contribution in [0.1, 0.15) is 35.3 Å². The molecule has 0 fully saturated rings. The van der Waals surface area contributed by atoms with Crippen LogP contribution in [-0.2, 0) is 29.8 Å². The van der Waals surface area contributed by atoms with Crippen molar-refractivity contribution in [1.29, 1.82) is 0 Å². The molecule has 3 aromatic rings. The number of halogens is 3. The Morgan fingerprint density at radius 2 is 1.90 bits per heavy atom. The highest BCUT2D eigenvalue weighted by atomic mass is 32.2. The SMILES string of the molecule is C[C@@H]1CN([C@@H](C)CO)C(=O)c2cc(NS(=O)(=O)c3cn(C)cn3)ccc2O[C@H]1CN(C)Cc1ccc(C(F)(F)F)cc1. The topological polar surface area (TPSA) is 117 Å². The second-order valence-electron chi connectivity index (χ2n) is 10.7. The van der Waals surface area contributed by atoms with E-state index in [-0.39, 0.29) is 41.1 Å². The molecule has 1 aliphatic rings. The normalized spacial score (nSPS) is 18.7. The van der Waals surface area contributed by atoms with Crippen LogP contribution in [0.25, 0.3) is 0 Å². The summed E-state index contributed by atoms with van der Waals surface area (Å²) in [6.07, 6.45) is -2.15. The summed E-state index contributed by atoms with van der Waals surface area (Å²) in [6, 6.07) is 8.86. The summed E-state index contributed by atoms with van der Waals surface area (Å²) in [7, 11) is -0.557. The maximum absolute atomic E-state index is 13.6. The van der Waals surface area contributed by atoms with Crippen molar-refractivity contribution >= 4 is 21.6 Å². The van der Waals surface area contributed by atoms with Crippen molar-refractivity contribution in [1.82, 2.24) is 19.4 Å². The predicted octanol–water partition coefficient (Wildman–Crippen LogP) is 3.59. The summed E-state index contributed by atoms with van der Waals surface area (Å²) < 4.78 is 74.8. The molecule has 4 rings (SSSR count). The molecule has 1 amide bonds. The van der Waals surface area contributed by atoms with Gasteiger partial charge in [-0.15, -0.1) is 0 Å². The molecule has 2 N–H and O–H groups in total. The van der Waals surface area contributed by atoms with E-state index in [4.69, 9.17) is 4.74 Å². The van der Waals surface area contributed by atoms with Gasteiger partial charge in [0.1, 0.15) is 11.9 Å². The molecular formula is C28H34F3N5O5S. The van der Waals surface area contributed by atoms with E-state index in [1.165, 1.54) is 52.3 Å². The van der Waals surface area contributed by atoms with Crippen LogP contribution in [0.2, 0.25) is 0 Å². The molecule has 1 aliphatic heterocycles. The number of nitrogens with one attached hydrogen (secondary N) is 1. The number of carbonyl (C=O) groups is 1. The van der Waals surface area contributed by atoms with E-state index in [1.807, 2.05) is 18.9 Å². The van der Waals surface area contributed by atoms with E-state index in [2.05, 4.69) is 9.71 Å². The molecule has 0 bridgehead atoms. The van der Waals surface area contributed by atoms with Crippen LogP contribution in [0, 0.1) is 5.92 Å². The minimum Gasteiger partial charge on any atom is -0.488 e. The first-order chi connectivity index (χ1) is 19.7. The Kier molecular flexibility index (Phi) is 9.18. The van der Waals surface area contributed by atoms with Crippen molar-refractivity contribution in [2.75, 3.05) is 31.5 Å². The maximum atomic E-state index is 13.6. The van der Waals surface area contributed by atoms with Gasteiger partial charge in [0, 0.05) is 44.5 Å². The summed E-state index contributed by atoms with van der Waals surface area (Å²) in [6.45, 7) is 4.35. The number of hydrogen-bond donors (Lipinski definition) is 2. The zero-order valence-corrected chi connectivity index (χ0v) is 24.5. The number of likely N-dealkylation sites (N-methyl/N-ethyl adjacent to an activating group) is 1. The van der Waals surface area contributed by atoms with Crippen LogP contribution in [0.3, 0.4) is 0 Å². The highest BCUT2D eigenvalue weighted by Gasteiger charge is 2.34. The third kappa shape index (κ3) is 7.23. The quantitative estimate of drug-likeness (QED) is 0.381. The van der Waals surface area contributed by atoms with Gasteiger partial charge in [0.25, 0.3) is 15.9 Å². The highest BCUT2D eigenvalue weighted by Crippen LogP contribution is 2.32. The molecule has 10 nitrogen and oxygen atoms in total. The van der Waals surface area contributed by atoms with Crippen LogP contribution < -0.4 is 9.46 Å². The first kappa shape index (κ1) is 31.3. The number of benzene rings is 2. The Morgan fingerprint density at radius 3 is 2.50 bits per heavy atom. The number of ether oxygens (including phenoxy) is 1. The van der Waals surface area contributed by atoms with Gasteiger partial charge in [-0.2, -0.15) is 21.6 Å². The molecular weight excluding hydrogens is 575 g/mol. The number of hydrogen-bond acceptors (Lipinski definition) is 7. The lowest BCUT2D eigenvalue weighted by Gasteiger charge is -2.38. The number of aliphatic hydroxyl groups is 1. The number of fused-ring (bicyclic) bond motifs is 1. The number of aromatic nitrogens is 2. The molecule has 3 atom stereocenters. The number of imidazole rings is 1. The van der Waals surface area contributed by atoms with Gasteiger partial charge in [-0.05, 0) is 49.9 Å². The van der Waals surface area contributed by atoms with Gasteiger partial charge in [0.15, 0.2) is 5.03 Å². The second-order valence-corrected chi connectivity index (χ2v) is 12.3. The summed E-state index contributed by atoms with van der Waals surface area (Å²) in [5.74, 6) is -0.363. The minimum atomic E-state index is -4.41. The zero-order chi connectivity index (χ0) is 30.8. The van der Waals surface area contributed by atoms with Gasteiger partial charge in [-0.25, -0.2) is 4.98 Å². The molecule has 2 heterocycles. The summed E-state index contributed by atoms with van der Waals surface area (Å²) in [5.41, 5.74) is 0.239. The highest BCUT2D eigenvalue weighted by molar-refractivity contribution is 7.92. The lowest BCUT2D eigenvalue weighted by Crippen LogP contribution is -2.49. The molecule has 0 unspecified atom stereocenters.